The zero-order chi connectivity index (χ0) is 23.0. The first kappa shape index (κ1) is 23.0. The topological polar surface area (TPSA) is 92.7 Å². The van der Waals surface area contributed by atoms with Crippen molar-refractivity contribution >= 4 is 39.6 Å². The van der Waals surface area contributed by atoms with E-state index >= 15 is 0 Å². The van der Waals surface area contributed by atoms with Gasteiger partial charge in [-0.05, 0) is 55.5 Å². The second-order valence-electron chi connectivity index (χ2n) is 8.11. The van der Waals surface area contributed by atoms with E-state index in [2.05, 4.69) is 26.5 Å². The number of hydrogen-bond donors (Lipinski definition) is 2. The largest absolute Gasteiger partial charge is 0.346 e. The number of carbonyl (C=O) groups excluding carboxylic acids is 1. The van der Waals surface area contributed by atoms with Gasteiger partial charge in [0.05, 0.1) is 34.3 Å². The highest BCUT2D eigenvalue weighted by Gasteiger charge is 2.18. The first-order valence-corrected chi connectivity index (χ1v) is 12.7. The number of aromatic nitrogens is 4. The fourth-order valence-corrected chi connectivity index (χ4v) is 4.40. The molecule has 4 aromatic rings. The van der Waals surface area contributed by atoms with Crippen LogP contribution < -0.4 is 10.9 Å². The molecule has 2 aromatic carbocycles. The van der Waals surface area contributed by atoms with Crippen LogP contribution in [-0.4, -0.2) is 37.4 Å². The van der Waals surface area contributed by atoms with Crippen LogP contribution in [-0.2, 0) is 11.3 Å². The third-order valence-corrected chi connectivity index (χ3v) is 6.36. The highest BCUT2D eigenvalue weighted by Crippen LogP contribution is 2.20. The Balaban J connectivity index is 1.27. The van der Waals surface area contributed by atoms with Gasteiger partial charge in [0.2, 0.25) is 5.91 Å². The van der Waals surface area contributed by atoms with E-state index in [1.54, 1.807) is 28.7 Å². The van der Waals surface area contributed by atoms with Crippen LogP contribution in [0, 0.1) is 0 Å². The molecule has 172 valence electrons. The first-order valence-electron chi connectivity index (χ1n) is 11.3. The molecule has 0 saturated heterocycles. The number of para-hydroxylation sites is 3. The number of rotatable bonds is 11. The predicted molar refractivity (Wildman–Crippen MR) is 134 cm³/mol. The Morgan fingerprint density at radius 2 is 1.88 bits per heavy atom. The number of imidazole rings is 1. The number of thioether (sulfide) groups is 1. The fourth-order valence-electron chi connectivity index (χ4n) is 3.93. The summed E-state index contributed by atoms with van der Waals surface area (Å²) in [6.07, 6.45) is 7.43. The number of H-pyrrole nitrogens is 1. The summed E-state index contributed by atoms with van der Waals surface area (Å²) < 4.78 is 1.66. The van der Waals surface area contributed by atoms with Crippen molar-refractivity contribution in [1.29, 1.82) is 0 Å². The lowest BCUT2D eigenvalue weighted by atomic mass is 10.1. The van der Waals surface area contributed by atoms with Gasteiger partial charge in [-0.2, -0.15) is 11.8 Å². The molecule has 1 atom stereocenters. The number of benzene rings is 2. The quantitative estimate of drug-likeness (QED) is 0.321. The van der Waals surface area contributed by atoms with Crippen molar-refractivity contribution in [3.05, 3.63) is 71.0 Å². The average molecular weight is 464 g/mol. The smallest absolute Gasteiger partial charge is 0.261 e. The zero-order valence-corrected chi connectivity index (χ0v) is 19.6. The second kappa shape index (κ2) is 11.1. The SMILES string of the molecule is CSCC[C@H](NC(=O)CCCCCn1cnc2ccccc2c1=O)c1nc2ccccc2[nH]1. The van der Waals surface area contributed by atoms with E-state index in [-0.39, 0.29) is 17.5 Å². The molecule has 4 rings (SSSR count). The number of fused-ring (bicyclic) bond motifs is 2. The standard InChI is InChI=1S/C25H29N5O2S/c1-33-16-14-22(24-28-20-11-6-7-12-21(20)29-24)27-23(31)13-3-2-8-15-30-17-26-19-10-5-4-9-18(19)25(30)32/h4-7,9-12,17,22H,2-3,8,13-16H2,1H3,(H,27,31)(H,28,29)/t22-/m0/s1. The van der Waals surface area contributed by atoms with Crippen molar-refractivity contribution in [2.24, 2.45) is 0 Å². The molecule has 33 heavy (non-hydrogen) atoms. The predicted octanol–water partition coefficient (Wildman–Crippen LogP) is 4.44. The molecule has 0 unspecified atom stereocenters. The average Bonchev–Trinajstić information content (AvgIpc) is 3.27. The summed E-state index contributed by atoms with van der Waals surface area (Å²) in [4.78, 5) is 37.6. The summed E-state index contributed by atoms with van der Waals surface area (Å²) in [7, 11) is 0. The molecule has 2 heterocycles. The van der Waals surface area contributed by atoms with Gasteiger partial charge in [0.15, 0.2) is 0 Å². The van der Waals surface area contributed by atoms with Crippen molar-refractivity contribution in [2.75, 3.05) is 12.0 Å². The first-order chi connectivity index (χ1) is 16.2. The van der Waals surface area contributed by atoms with Crippen molar-refractivity contribution < 1.29 is 4.79 Å². The van der Waals surface area contributed by atoms with E-state index in [1.807, 2.05) is 42.5 Å². The summed E-state index contributed by atoms with van der Waals surface area (Å²) >= 11 is 1.76. The molecule has 0 bridgehead atoms. The Hall–Kier alpha value is -3.13. The minimum atomic E-state index is -0.125. The van der Waals surface area contributed by atoms with Crippen LogP contribution in [0.15, 0.2) is 59.7 Å². The molecule has 0 aliphatic rings. The second-order valence-corrected chi connectivity index (χ2v) is 9.10. The van der Waals surface area contributed by atoms with Crippen molar-refractivity contribution in [3.63, 3.8) is 0 Å². The van der Waals surface area contributed by atoms with Crippen LogP contribution in [0.4, 0.5) is 0 Å². The van der Waals surface area contributed by atoms with E-state index in [0.717, 1.165) is 53.8 Å². The molecule has 0 fully saturated rings. The summed E-state index contributed by atoms with van der Waals surface area (Å²) in [5.74, 6) is 1.78. The van der Waals surface area contributed by atoms with Crippen LogP contribution in [0.3, 0.4) is 0 Å². The minimum absolute atomic E-state index is 0.0131. The van der Waals surface area contributed by atoms with Gasteiger partial charge in [0.1, 0.15) is 5.82 Å². The molecule has 0 radical (unpaired) electrons. The Kier molecular flexibility index (Phi) is 7.78. The molecule has 7 nitrogen and oxygen atoms in total. The number of aromatic amines is 1. The Morgan fingerprint density at radius 1 is 1.09 bits per heavy atom. The van der Waals surface area contributed by atoms with Gasteiger partial charge in [-0.25, -0.2) is 9.97 Å². The van der Waals surface area contributed by atoms with Gasteiger partial charge in [-0.3, -0.25) is 14.2 Å². The van der Waals surface area contributed by atoms with Gasteiger partial charge in [0.25, 0.3) is 5.56 Å². The number of aryl methyl sites for hydroxylation is 1. The molecule has 2 N–H and O–H groups in total. The lowest BCUT2D eigenvalue weighted by Gasteiger charge is -2.16. The normalized spacial score (nSPS) is 12.3. The van der Waals surface area contributed by atoms with Crippen molar-refractivity contribution in [2.45, 2.75) is 44.7 Å². The van der Waals surface area contributed by atoms with Crippen molar-refractivity contribution in [3.8, 4) is 0 Å². The van der Waals surface area contributed by atoms with Crippen LogP contribution >= 0.6 is 11.8 Å². The van der Waals surface area contributed by atoms with Crippen LogP contribution in [0.2, 0.25) is 0 Å². The van der Waals surface area contributed by atoms with Crippen LogP contribution in [0.5, 0.6) is 0 Å². The lowest BCUT2D eigenvalue weighted by molar-refractivity contribution is -0.122. The molecular formula is C25H29N5O2S. The summed E-state index contributed by atoms with van der Waals surface area (Å²) in [6.45, 7) is 0.605. The highest BCUT2D eigenvalue weighted by atomic mass is 32.2. The van der Waals surface area contributed by atoms with E-state index < -0.39 is 0 Å². The summed E-state index contributed by atoms with van der Waals surface area (Å²) in [5.41, 5.74) is 2.60. The van der Waals surface area contributed by atoms with Gasteiger partial charge in [-0.15, -0.1) is 0 Å². The third kappa shape index (κ3) is 5.82. The van der Waals surface area contributed by atoms with E-state index in [4.69, 9.17) is 0 Å². The number of nitrogens with one attached hydrogen (secondary N) is 2. The monoisotopic (exact) mass is 463 g/mol. The molecule has 2 aromatic heterocycles. The number of hydrogen-bond acceptors (Lipinski definition) is 5. The Morgan fingerprint density at radius 3 is 2.70 bits per heavy atom. The van der Waals surface area contributed by atoms with Crippen LogP contribution in [0.1, 0.15) is 44.0 Å². The van der Waals surface area contributed by atoms with E-state index in [0.29, 0.717) is 18.4 Å². The maximum Gasteiger partial charge on any atom is 0.261 e. The molecule has 0 spiro atoms. The van der Waals surface area contributed by atoms with E-state index in [9.17, 15) is 9.59 Å². The molecule has 1 amide bonds. The van der Waals surface area contributed by atoms with Gasteiger partial charge < -0.3 is 10.3 Å². The number of amides is 1. The maximum absolute atomic E-state index is 12.6. The minimum Gasteiger partial charge on any atom is -0.346 e. The van der Waals surface area contributed by atoms with Gasteiger partial charge in [0, 0.05) is 13.0 Å². The summed E-state index contributed by atoms with van der Waals surface area (Å²) in [5, 5.41) is 3.80. The molecule has 0 aliphatic carbocycles. The van der Waals surface area contributed by atoms with Gasteiger partial charge in [-0.1, -0.05) is 30.7 Å². The zero-order valence-electron chi connectivity index (χ0n) is 18.8. The number of carbonyl (C=O) groups is 1. The molecule has 8 heteroatoms. The lowest BCUT2D eigenvalue weighted by Crippen LogP contribution is -2.29. The van der Waals surface area contributed by atoms with E-state index in [1.165, 1.54) is 0 Å². The molecular weight excluding hydrogens is 434 g/mol. The van der Waals surface area contributed by atoms with Crippen LogP contribution in [0.25, 0.3) is 21.9 Å². The number of nitrogens with zero attached hydrogens (tertiary/aromatic N) is 3. The molecule has 0 saturated carbocycles. The molecule has 0 aliphatic heterocycles. The number of unbranched alkanes of at least 4 members (excludes halogenated alkanes) is 2. The maximum atomic E-state index is 12.6. The summed E-state index contributed by atoms with van der Waals surface area (Å²) in [6, 6.07) is 15.2. The van der Waals surface area contributed by atoms with Crippen molar-refractivity contribution in [1.82, 2.24) is 24.8 Å². The third-order valence-electron chi connectivity index (χ3n) is 5.72. The Bertz CT molecular complexity index is 1250. The highest BCUT2D eigenvalue weighted by molar-refractivity contribution is 7.98. The van der Waals surface area contributed by atoms with Gasteiger partial charge >= 0.3 is 0 Å². The fraction of sp³-hybridized carbons (Fsp3) is 0.360. The Labute approximate surface area is 197 Å².